The van der Waals surface area contributed by atoms with E-state index in [1.807, 2.05) is 0 Å². The maximum Gasteiger partial charge on any atom is 0.248 e. The van der Waals surface area contributed by atoms with Crippen LogP contribution >= 0.6 is 0 Å². The molecular weight excluding hydrogens is 1040 g/mol. The summed E-state index contributed by atoms with van der Waals surface area (Å²) in [5, 5.41) is 89.7. The molecule has 0 aliphatic carbocycles. The second-order valence-corrected chi connectivity index (χ2v) is 21.5. The minimum absolute atomic E-state index is 0.00213. The Balaban J connectivity index is 1.81. The summed E-state index contributed by atoms with van der Waals surface area (Å²) in [5.41, 5.74) is 17.2. The van der Waals surface area contributed by atoms with Gasteiger partial charge in [0.25, 0.3) is 0 Å². The molecule has 2 aliphatic heterocycles. The van der Waals surface area contributed by atoms with Gasteiger partial charge in [-0.2, -0.15) is 0 Å². The number of amides is 7. The van der Waals surface area contributed by atoms with Crippen LogP contribution in [0.4, 0.5) is 0 Å². The Bertz CT molecular complexity index is 2150. The largest absolute Gasteiger partial charge is 0.481 e. The van der Waals surface area contributed by atoms with E-state index < -0.39 is 133 Å². The molecule has 0 saturated carbocycles. The van der Waals surface area contributed by atoms with Crippen LogP contribution in [0.1, 0.15) is 136 Å². The van der Waals surface area contributed by atoms with E-state index in [-0.39, 0.29) is 70.6 Å². The minimum atomic E-state index is -1.77. The van der Waals surface area contributed by atoms with Gasteiger partial charge in [0, 0.05) is 45.4 Å². The number of β-amino-alcohol motifs (C(OH)–C–C–N with tert-alkyl or cyclic N) is 1. The number of hydrogen-bond acceptors (Lipinski definition) is 18. The summed E-state index contributed by atoms with van der Waals surface area (Å²) in [6.45, 7) is 7.13. The first kappa shape index (κ1) is 68.7. The van der Waals surface area contributed by atoms with Crippen LogP contribution in [0.5, 0.6) is 5.75 Å². The third-order valence-corrected chi connectivity index (χ3v) is 14.8. The third-order valence-electron chi connectivity index (χ3n) is 14.8. The quantitative estimate of drug-likeness (QED) is 0.0184. The predicted molar refractivity (Wildman–Crippen MR) is 295 cm³/mol. The molecule has 80 heavy (non-hydrogen) atoms. The van der Waals surface area contributed by atoms with E-state index in [0.717, 1.165) is 48.3 Å². The topological polar surface area (TPSA) is 415 Å². The van der Waals surface area contributed by atoms with Crippen molar-refractivity contribution in [3.63, 3.8) is 0 Å². The van der Waals surface area contributed by atoms with Crippen molar-refractivity contribution < 1.29 is 74.0 Å². The molecule has 18 N–H and O–H groups in total. The Labute approximate surface area is 469 Å². The van der Waals surface area contributed by atoms with Crippen molar-refractivity contribution in [1.82, 2.24) is 36.4 Å². The highest BCUT2D eigenvalue weighted by atomic mass is 16.5. The number of terminal acetylenes is 1. The van der Waals surface area contributed by atoms with Gasteiger partial charge in [0.05, 0.1) is 43.0 Å². The number of carbonyl (C=O) groups is 7. The maximum atomic E-state index is 14.3. The summed E-state index contributed by atoms with van der Waals surface area (Å²) in [7, 11) is 0. The Morgan fingerprint density at radius 2 is 1.41 bits per heavy atom. The normalized spacial score (nSPS) is 21.3. The fourth-order valence-corrected chi connectivity index (χ4v) is 10.1. The van der Waals surface area contributed by atoms with Gasteiger partial charge in [-0.25, -0.2) is 0 Å². The molecule has 25 heteroatoms. The Morgan fingerprint density at radius 1 is 0.762 bits per heavy atom. The fourth-order valence-electron chi connectivity index (χ4n) is 10.1. The molecule has 0 unspecified atom stereocenters. The molecule has 15 atom stereocenters. The molecule has 3 rings (SSSR count). The summed E-state index contributed by atoms with van der Waals surface area (Å²) >= 11 is 0. The monoisotopic (exact) mass is 1130 g/mol. The number of primary amides is 1. The Morgan fingerprint density at radius 3 is 2.02 bits per heavy atom. The van der Waals surface area contributed by atoms with Gasteiger partial charge in [0.15, 0.2) is 0 Å². The van der Waals surface area contributed by atoms with E-state index in [0.29, 0.717) is 30.4 Å². The van der Waals surface area contributed by atoms with Gasteiger partial charge in [0.2, 0.25) is 41.4 Å². The molecule has 0 spiro atoms. The van der Waals surface area contributed by atoms with Gasteiger partial charge < -0.3 is 88.8 Å². The summed E-state index contributed by atoms with van der Waals surface area (Å²) in [5.74, 6) is -2.49. The summed E-state index contributed by atoms with van der Waals surface area (Å²) in [6.07, 6.45) is -0.438. The number of nitrogens with two attached hydrogens (primary N) is 3. The number of aliphatic hydroxyl groups is 7. The first-order valence-electron chi connectivity index (χ1n) is 28.1. The van der Waals surface area contributed by atoms with Gasteiger partial charge in [-0.3, -0.25) is 38.9 Å². The van der Waals surface area contributed by atoms with Crippen molar-refractivity contribution in [2.75, 3.05) is 39.3 Å². The van der Waals surface area contributed by atoms with Crippen molar-refractivity contribution in [1.29, 1.82) is 0 Å². The van der Waals surface area contributed by atoms with Crippen LogP contribution in [0.2, 0.25) is 0 Å². The zero-order valence-corrected chi connectivity index (χ0v) is 46.9. The number of carbonyl (C=O) groups excluding carboxylic acids is 7. The standard InChI is InChI=1S/C55H92N10O15/c1-6-26-80-37-18-16-35(17-19-37)49(74)42(70)30-45(73)61-47(40(68)20-22-56)55(79)64-25-21-41(69)48(64)53(77)63-51(59-24-23-57)43(71)29-38(60-44(72)15-13-11-9-8-10-12-14-33(4)27-32(3)7-2)52(76)62-46(34(5)66)54(78)65-31-36(67)28-39(65)50(58)75/h1,16-19,32-34,36,38-43,46-49,51,59,66-71,74H,7-15,20-31,56-57H2,2-5H3,(H2,58,75)(H,60,72)(H,61,73)(H,62,76)(H,63,77)/t32-,33+,34+,36+,38-,39-,40+,41-,42-,43+,46-,47-,48-,49-,51-/m0/s1. The zero-order chi connectivity index (χ0) is 59.6. The fraction of sp³-hybridized carbons (Fsp3) is 0.727. The van der Waals surface area contributed by atoms with E-state index >= 15 is 0 Å². The lowest BCUT2D eigenvalue weighted by Crippen LogP contribution is -2.63. The van der Waals surface area contributed by atoms with Crippen LogP contribution in [-0.4, -0.2) is 199 Å². The molecular formula is C55H92N10O15. The highest BCUT2D eigenvalue weighted by Gasteiger charge is 2.47. The van der Waals surface area contributed by atoms with E-state index in [2.05, 4.69) is 53.3 Å². The van der Waals surface area contributed by atoms with Gasteiger partial charge in [-0.1, -0.05) is 83.8 Å². The maximum absolute atomic E-state index is 14.3. The molecule has 452 valence electrons. The smallest absolute Gasteiger partial charge is 0.248 e. The number of hydrogen-bond donors (Lipinski definition) is 15. The second-order valence-electron chi connectivity index (χ2n) is 21.5. The molecule has 2 aliphatic rings. The van der Waals surface area contributed by atoms with Crippen LogP contribution in [0.25, 0.3) is 0 Å². The lowest BCUT2D eigenvalue weighted by Gasteiger charge is -2.34. The SMILES string of the molecule is C#CCOc1ccc([C@H](O)[C@@H](O)CC(=O)N[C@H](C(=O)N2CC[C@H](O)[C@H]2C(=O)N[C@H](NCCN)[C@H](O)C[C@H](NC(=O)CCCCCCCC[C@@H](C)C[C@@H](C)CC)C(=O)N[C@H](C(=O)N2C[C@H](O)C[C@H]2C(N)=O)[C@@H](C)O)[C@H](O)CCN)cc1. The molecule has 1 aromatic carbocycles. The van der Waals surface area contributed by atoms with Crippen LogP contribution in [0, 0.1) is 24.2 Å². The number of ether oxygens (including phenoxy) is 1. The van der Waals surface area contributed by atoms with Crippen molar-refractivity contribution in [2.24, 2.45) is 29.0 Å². The van der Waals surface area contributed by atoms with Gasteiger partial charge in [0.1, 0.15) is 54.8 Å². The lowest BCUT2D eigenvalue weighted by atomic mass is 9.91. The highest BCUT2D eigenvalue weighted by Crippen LogP contribution is 2.26. The van der Waals surface area contributed by atoms with Gasteiger partial charge in [-0.15, -0.1) is 6.42 Å². The average molecular weight is 1130 g/mol. The number of nitrogens with one attached hydrogen (secondary N) is 5. The number of benzene rings is 1. The zero-order valence-electron chi connectivity index (χ0n) is 46.9. The number of nitrogens with zero attached hydrogens (tertiary/aromatic N) is 2. The second kappa shape index (κ2) is 35.4. The minimum Gasteiger partial charge on any atom is -0.481 e. The predicted octanol–water partition coefficient (Wildman–Crippen LogP) is -2.63. The van der Waals surface area contributed by atoms with Crippen LogP contribution in [0.15, 0.2) is 24.3 Å². The van der Waals surface area contributed by atoms with E-state index in [9.17, 15) is 69.3 Å². The summed E-state index contributed by atoms with van der Waals surface area (Å²) in [4.78, 5) is 97.7. The summed E-state index contributed by atoms with van der Waals surface area (Å²) < 4.78 is 5.32. The average Bonchev–Trinajstić information content (AvgIpc) is 4.03. The van der Waals surface area contributed by atoms with Crippen LogP contribution < -0.4 is 48.5 Å². The Hall–Kier alpha value is -5.53. The molecule has 0 bridgehead atoms. The first-order valence-corrected chi connectivity index (χ1v) is 28.1. The molecule has 7 amide bonds. The number of unbranched alkanes of at least 4 members (excludes halogenated alkanes) is 5. The van der Waals surface area contributed by atoms with E-state index in [1.54, 1.807) is 0 Å². The van der Waals surface area contributed by atoms with Crippen LogP contribution in [0.3, 0.4) is 0 Å². The first-order chi connectivity index (χ1) is 38.0. The summed E-state index contributed by atoms with van der Waals surface area (Å²) in [6, 6.07) is -2.16. The molecule has 2 heterocycles. The van der Waals surface area contributed by atoms with Gasteiger partial charge >= 0.3 is 0 Å². The highest BCUT2D eigenvalue weighted by molar-refractivity contribution is 5.95. The van der Waals surface area contributed by atoms with E-state index in [1.165, 1.54) is 37.6 Å². The van der Waals surface area contributed by atoms with Crippen LogP contribution in [-0.2, 0) is 33.6 Å². The van der Waals surface area contributed by atoms with Crippen molar-refractivity contribution in [3.05, 3.63) is 29.8 Å². The number of likely N-dealkylation sites (tertiary alicyclic amines) is 2. The van der Waals surface area contributed by atoms with Crippen molar-refractivity contribution in [3.8, 4) is 18.1 Å². The van der Waals surface area contributed by atoms with Gasteiger partial charge in [-0.05, 0) is 68.7 Å². The van der Waals surface area contributed by atoms with Crippen molar-refractivity contribution in [2.45, 2.75) is 203 Å². The molecule has 25 nitrogen and oxygen atoms in total. The number of rotatable bonds is 37. The lowest BCUT2D eigenvalue weighted by molar-refractivity contribution is -0.146. The third kappa shape index (κ3) is 22.1. The Kier molecular flexibility index (Phi) is 30.4. The molecule has 2 saturated heterocycles. The number of aliphatic hydroxyl groups excluding tert-OH is 7. The van der Waals surface area contributed by atoms with Crippen molar-refractivity contribution >= 4 is 41.4 Å². The molecule has 0 radical (unpaired) electrons. The van der Waals surface area contributed by atoms with E-state index in [4.69, 9.17) is 28.4 Å². The molecule has 0 aromatic heterocycles. The molecule has 1 aromatic rings. The molecule has 2 fully saturated rings.